The van der Waals surface area contributed by atoms with E-state index in [-0.39, 0.29) is 12.4 Å². The number of carbonyl (C=O) groups is 1. The lowest BCUT2D eigenvalue weighted by Crippen LogP contribution is -2.48. The molecule has 1 fully saturated rings. The average molecular weight is 424 g/mol. The first kappa shape index (κ1) is 22.1. The Morgan fingerprint density at radius 1 is 0.967 bits per heavy atom. The SMILES string of the molecule is Cl.O=C(CCCc1c[nH]c2ccccc12)N1CCN(C/C=C/c2ccccc2)CC1. The first-order valence-electron chi connectivity index (χ1n) is 10.6. The van der Waals surface area contributed by atoms with E-state index in [1.54, 1.807) is 0 Å². The largest absolute Gasteiger partial charge is 0.361 e. The molecular weight excluding hydrogens is 394 g/mol. The summed E-state index contributed by atoms with van der Waals surface area (Å²) in [7, 11) is 0. The third-order valence-corrected chi connectivity index (χ3v) is 5.71. The number of nitrogens with zero attached hydrogens (tertiary/aromatic N) is 2. The van der Waals surface area contributed by atoms with Crippen LogP contribution in [0.1, 0.15) is 24.0 Å². The lowest BCUT2D eigenvalue weighted by atomic mass is 10.1. The molecule has 0 radical (unpaired) electrons. The van der Waals surface area contributed by atoms with Gasteiger partial charge in [0.15, 0.2) is 0 Å². The summed E-state index contributed by atoms with van der Waals surface area (Å²) in [6, 6.07) is 18.7. The van der Waals surface area contributed by atoms with Crippen molar-refractivity contribution in [3.05, 3.63) is 78.0 Å². The highest BCUT2D eigenvalue weighted by Gasteiger charge is 2.20. The van der Waals surface area contributed by atoms with Crippen molar-refractivity contribution < 1.29 is 4.79 Å². The molecule has 1 aliphatic heterocycles. The number of piperazine rings is 1. The normalized spacial score (nSPS) is 14.9. The first-order chi connectivity index (χ1) is 14.3. The van der Waals surface area contributed by atoms with Gasteiger partial charge in [0.1, 0.15) is 0 Å². The van der Waals surface area contributed by atoms with E-state index in [0.29, 0.717) is 12.3 Å². The lowest BCUT2D eigenvalue weighted by molar-refractivity contribution is -0.132. The van der Waals surface area contributed by atoms with Crippen molar-refractivity contribution in [2.45, 2.75) is 19.3 Å². The number of benzene rings is 2. The van der Waals surface area contributed by atoms with Gasteiger partial charge < -0.3 is 9.88 Å². The second kappa shape index (κ2) is 11.0. The van der Waals surface area contributed by atoms with Gasteiger partial charge in [-0.1, -0.05) is 60.7 Å². The minimum atomic E-state index is 0. The maximum atomic E-state index is 12.6. The predicted octanol–water partition coefficient (Wildman–Crippen LogP) is 4.77. The summed E-state index contributed by atoms with van der Waals surface area (Å²) in [5.41, 5.74) is 3.71. The topological polar surface area (TPSA) is 39.3 Å². The van der Waals surface area contributed by atoms with Crippen molar-refractivity contribution in [3.63, 3.8) is 0 Å². The van der Waals surface area contributed by atoms with Gasteiger partial charge in [-0.05, 0) is 30.0 Å². The molecule has 1 amide bonds. The summed E-state index contributed by atoms with van der Waals surface area (Å²) in [5, 5.41) is 1.28. The molecule has 3 aromatic rings. The second-order valence-electron chi connectivity index (χ2n) is 7.71. The molecule has 0 aliphatic carbocycles. The van der Waals surface area contributed by atoms with Crippen LogP contribution in [0.25, 0.3) is 17.0 Å². The van der Waals surface area contributed by atoms with E-state index in [9.17, 15) is 4.79 Å². The number of rotatable bonds is 7. The van der Waals surface area contributed by atoms with Gasteiger partial charge in [-0.25, -0.2) is 0 Å². The summed E-state index contributed by atoms with van der Waals surface area (Å²) in [5.74, 6) is 0.296. The Kier molecular flexibility index (Phi) is 8.12. The molecule has 2 heterocycles. The zero-order valence-electron chi connectivity index (χ0n) is 17.3. The Morgan fingerprint density at radius 3 is 2.50 bits per heavy atom. The van der Waals surface area contributed by atoms with Gasteiger partial charge in [0, 0.05) is 56.2 Å². The molecule has 0 atom stereocenters. The molecule has 4 rings (SSSR count). The molecule has 1 saturated heterocycles. The van der Waals surface area contributed by atoms with Gasteiger partial charge in [0.25, 0.3) is 0 Å². The summed E-state index contributed by atoms with van der Waals surface area (Å²) < 4.78 is 0. The van der Waals surface area contributed by atoms with Crippen molar-refractivity contribution in [1.82, 2.24) is 14.8 Å². The smallest absolute Gasteiger partial charge is 0.222 e. The third kappa shape index (κ3) is 5.74. The number of aromatic nitrogens is 1. The second-order valence-corrected chi connectivity index (χ2v) is 7.71. The number of hydrogen-bond donors (Lipinski definition) is 1. The van der Waals surface area contributed by atoms with E-state index >= 15 is 0 Å². The van der Waals surface area contributed by atoms with Crippen LogP contribution >= 0.6 is 12.4 Å². The summed E-state index contributed by atoms with van der Waals surface area (Å²) >= 11 is 0. The number of hydrogen-bond acceptors (Lipinski definition) is 2. The molecule has 1 aromatic heterocycles. The fourth-order valence-electron chi connectivity index (χ4n) is 4.01. The van der Waals surface area contributed by atoms with Gasteiger partial charge in [0.05, 0.1) is 0 Å². The Labute approximate surface area is 185 Å². The number of H-pyrrole nitrogens is 1. The maximum absolute atomic E-state index is 12.6. The minimum Gasteiger partial charge on any atom is -0.361 e. The highest BCUT2D eigenvalue weighted by molar-refractivity contribution is 5.85. The van der Waals surface area contributed by atoms with Crippen LogP contribution in [0.2, 0.25) is 0 Å². The van der Waals surface area contributed by atoms with Crippen molar-refractivity contribution in [3.8, 4) is 0 Å². The van der Waals surface area contributed by atoms with Crippen molar-refractivity contribution in [1.29, 1.82) is 0 Å². The van der Waals surface area contributed by atoms with E-state index in [1.807, 2.05) is 17.0 Å². The summed E-state index contributed by atoms with van der Waals surface area (Å²) in [6.07, 6.45) is 8.95. The molecule has 0 bridgehead atoms. The van der Waals surface area contributed by atoms with Crippen molar-refractivity contribution in [2.75, 3.05) is 32.7 Å². The molecule has 158 valence electrons. The Balaban J connectivity index is 0.00000256. The predicted molar refractivity (Wildman–Crippen MR) is 127 cm³/mol. The molecule has 0 spiro atoms. The van der Waals surface area contributed by atoms with Crippen LogP contribution < -0.4 is 0 Å². The van der Waals surface area contributed by atoms with Gasteiger partial charge in [-0.3, -0.25) is 9.69 Å². The van der Waals surface area contributed by atoms with E-state index in [1.165, 1.54) is 22.0 Å². The van der Waals surface area contributed by atoms with Gasteiger partial charge in [-0.15, -0.1) is 12.4 Å². The zero-order chi connectivity index (χ0) is 19.9. The number of nitrogens with one attached hydrogen (secondary N) is 1. The number of halogens is 1. The zero-order valence-corrected chi connectivity index (χ0v) is 18.1. The van der Waals surface area contributed by atoms with E-state index in [2.05, 4.69) is 70.7 Å². The average Bonchev–Trinajstić information content (AvgIpc) is 3.18. The highest BCUT2D eigenvalue weighted by atomic mass is 35.5. The van der Waals surface area contributed by atoms with Gasteiger partial charge in [0.2, 0.25) is 5.91 Å². The lowest BCUT2D eigenvalue weighted by Gasteiger charge is -2.34. The number of aryl methyl sites for hydroxylation is 1. The molecule has 0 unspecified atom stereocenters. The van der Waals surface area contributed by atoms with Crippen molar-refractivity contribution >= 4 is 35.3 Å². The summed E-state index contributed by atoms with van der Waals surface area (Å²) in [4.78, 5) is 20.3. The fraction of sp³-hybridized carbons (Fsp3) is 0.320. The quantitative estimate of drug-likeness (QED) is 0.594. The number of carbonyl (C=O) groups excluding carboxylic acids is 1. The van der Waals surface area contributed by atoms with Crippen LogP contribution in [-0.2, 0) is 11.2 Å². The number of aromatic amines is 1. The van der Waals surface area contributed by atoms with Gasteiger partial charge >= 0.3 is 0 Å². The van der Waals surface area contributed by atoms with E-state index in [4.69, 9.17) is 0 Å². The van der Waals surface area contributed by atoms with Crippen LogP contribution in [0.15, 0.2) is 66.9 Å². The standard InChI is InChI=1S/C25H29N3O.ClH/c29-25(14-6-11-22-20-26-24-13-5-4-12-23(22)24)28-18-16-27(17-19-28)15-7-10-21-8-2-1-3-9-21;/h1-5,7-10,12-13,20,26H,6,11,14-19H2;1H/b10-7+;. The maximum Gasteiger partial charge on any atom is 0.222 e. The molecule has 5 heteroatoms. The third-order valence-electron chi connectivity index (χ3n) is 5.71. The Morgan fingerprint density at radius 2 is 1.70 bits per heavy atom. The molecule has 1 aliphatic rings. The fourth-order valence-corrected chi connectivity index (χ4v) is 4.01. The molecule has 30 heavy (non-hydrogen) atoms. The van der Waals surface area contributed by atoms with Crippen molar-refractivity contribution in [2.24, 2.45) is 0 Å². The molecule has 1 N–H and O–H groups in total. The van der Waals surface area contributed by atoms with E-state index < -0.39 is 0 Å². The van der Waals surface area contributed by atoms with Crippen LogP contribution in [0, 0.1) is 0 Å². The van der Waals surface area contributed by atoms with Crippen LogP contribution in [0.5, 0.6) is 0 Å². The van der Waals surface area contributed by atoms with Crippen LogP contribution in [0.4, 0.5) is 0 Å². The summed E-state index contributed by atoms with van der Waals surface area (Å²) in [6.45, 7) is 4.52. The first-order valence-corrected chi connectivity index (χ1v) is 10.6. The molecule has 2 aromatic carbocycles. The minimum absolute atomic E-state index is 0. The Hall–Kier alpha value is -2.56. The Bertz CT molecular complexity index is 959. The van der Waals surface area contributed by atoms with E-state index in [0.717, 1.165) is 45.6 Å². The highest BCUT2D eigenvalue weighted by Crippen LogP contribution is 2.19. The molecular formula is C25H30ClN3O. The van der Waals surface area contributed by atoms with Gasteiger partial charge in [-0.2, -0.15) is 0 Å². The van der Waals surface area contributed by atoms with Crippen LogP contribution in [-0.4, -0.2) is 53.4 Å². The molecule has 4 nitrogen and oxygen atoms in total. The van der Waals surface area contributed by atoms with Crippen LogP contribution in [0.3, 0.4) is 0 Å². The number of amides is 1. The number of para-hydroxylation sites is 1. The molecule has 0 saturated carbocycles. The number of fused-ring (bicyclic) bond motifs is 1. The monoisotopic (exact) mass is 423 g/mol.